The van der Waals surface area contributed by atoms with Gasteiger partial charge in [0.05, 0.1) is 5.92 Å². The highest BCUT2D eigenvalue weighted by Crippen LogP contribution is 2.17. The largest absolute Gasteiger partial charge is 0.478 e. The molecule has 60 valence electrons. The van der Waals surface area contributed by atoms with E-state index >= 15 is 0 Å². The second-order valence-electron chi connectivity index (χ2n) is 2.46. The monoisotopic (exact) mass is 155 g/mol. The van der Waals surface area contributed by atoms with E-state index in [9.17, 15) is 9.59 Å². The van der Waals surface area contributed by atoms with Gasteiger partial charge >= 0.3 is 5.97 Å². The number of carbonyl (C=O) groups excluding carboxylic acids is 1. The molecule has 1 atom stereocenters. The Balaban J connectivity index is 2.67. The van der Waals surface area contributed by atoms with Crippen LogP contribution in [0.5, 0.6) is 0 Å². The number of carboxylic acids is 1. The van der Waals surface area contributed by atoms with Crippen LogP contribution >= 0.6 is 0 Å². The lowest BCUT2D eigenvalue weighted by atomic mass is 9.99. The van der Waals surface area contributed by atoms with E-state index in [-0.39, 0.29) is 11.5 Å². The van der Waals surface area contributed by atoms with Crippen molar-refractivity contribution in [1.82, 2.24) is 5.32 Å². The summed E-state index contributed by atoms with van der Waals surface area (Å²) >= 11 is 0. The molecule has 0 aromatic rings. The molecule has 1 aliphatic heterocycles. The van der Waals surface area contributed by atoms with Gasteiger partial charge in [-0.25, -0.2) is 4.79 Å². The SMILES string of the molecule is C=C(C(=O)O)C1CCNC1=O. The first-order chi connectivity index (χ1) is 5.13. The third-order valence-electron chi connectivity index (χ3n) is 1.74. The highest BCUT2D eigenvalue weighted by Gasteiger charge is 2.29. The van der Waals surface area contributed by atoms with E-state index in [4.69, 9.17) is 5.11 Å². The van der Waals surface area contributed by atoms with E-state index in [1.165, 1.54) is 0 Å². The maximum Gasteiger partial charge on any atom is 0.331 e. The lowest BCUT2D eigenvalue weighted by Crippen LogP contribution is -2.22. The smallest absolute Gasteiger partial charge is 0.331 e. The minimum Gasteiger partial charge on any atom is -0.478 e. The summed E-state index contributed by atoms with van der Waals surface area (Å²) in [7, 11) is 0. The van der Waals surface area contributed by atoms with Crippen molar-refractivity contribution in [3.05, 3.63) is 12.2 Å². The molecular formula is C7H9NO3. The predicted octanol–water partition coefficient (Wildman–Crippen LogP) is -0.237. The maximum atomic E-state index is 10.9. The maximum absolute atomic E-state index is 10.9. The van der Waals surface area contributed by atoms with Crippen molar-refractivity contribution >= 4 is 11.9 Å². The Morgan fingerprint density at radius 2 is 2.36 bits per heavy atom. The van der Waals surface area contributed by atoms with Crippen LogP contribution < -0.4 is 5.32 Å². The first kappa shape index (κ1) is 7.78. The molecule has 1 aliphatic rings. The molecule has 4 nitrogen and oxygen atoms in total. The molecule has 4 heteroatoms. The normalized spacial score (nSPS) is 22.9. The predicted molar refractivity (Wildman–Crippen MR) is 37.9 cm³/mol. The standard InChI is InChI=1S/C7H9NO3/c1-4(7(10)11)5-2-3-8-6(5)9/h5H,1-3H2,(H,8,9)(H,10,11). The van der Waals surface area contributed by atoms with Gasteiger partial charge in [-0.1, -0.05) is 6.58 Å². The lowest BCUT2D eigenvalue weighted by Gasteiger charge is -2.04. The molecule has 0 spiro atoms. The van der Waals surface area contributed by atoms with Gasteiger partial charge in [0, 0.05) is 12.1 Å². The van der Waals surface area contributed by atoms with Crippen molar-refractivity contribution in [2.75, 3.05) is 6.54 Å². The Hall–Kier alpha value is -1.32. The average molecular weight is 155 g/mol. The highest BCUT2D eigenvalue weighted by molar-refractivity contribution is 5.96. The molecule has 0 bridgehead atoms. The number of amides is 1. The van der Waals surface area contributed by atoms with Crippen LogP contribution in [0, 0.1) is 5.92 Å². The molecule has 1 fully saturated rings. The van der Waals surface area contributed by atoms with Gasteiger partial charge in [-0.3, -0.25) is 4.79 Å². The Morgan fingerprint density at radius 1 is 1.73 bits per heavy atom. The van der Waals surface area contributed by atoms with Gasteiger partial charge in [0.15, 0.2) is 0 Å². The van der Waals surface area contributed by atoms with Crippen LogP contribution in [0.3, 0.4) is 0 Å². The second-order valence-corrected chi connectivity index (χ2v) is 2.46. The molecule has 1 saturated heterocycles. The fourth-order valence-electron chi connectivity index (χ4n) is 1.08. The van der Waals surface area contributed by atoms with E-state index in [1.807, 2.05) is 0 Å². The summed E-state index contributed by atoms with van der Waals surface area (Å²) in [4.78, 5) is 21.2. The summed E-state index contributed by atoms with van der Waals surface area (Å²) in [5.74, 6) is -1.84. The summed E-state index contributed by atoms with van der Waals surface area (Å²) in [6, 6.07) is 0. The molecular weight excluding hydrogens is 146 g/mol. The van der Waals surface area contributed by atoms with Gasteiger partial charge in [-0.2, -0.15) is 0 Å². The Morgan fingerprint density at radius 3 is 2.73 bits per heavy atom. The van der Waals surface area contributed by atoms with Crippen LogP contribution in [-0.4, -0.2) is 23.5 Å². The Bertz CT molecular complexity index is 222. The molecule has 0 aromatic heterocycles. The minimum absolute atomic E-state index is 0.0139. The molecule has 11 heavy (non-hydrogen) atoms. The highest BCUT2D eigenvalue weighted by atomic mass is 16.4. The van der Waals surface area contributed by atoms with Gasteiger partial charge < -0.3 is 10.4 Å². The summed E-state index contributed by atoms with van der Waals surface area (Å²) in [5, 5.41) is 11.0. The van der Waals surface area contributed by atoms with Gasteiger partial charge in [0.25, 0.3) is 0 Å². The molecule has 2 N–H and O–H groups in total. The molecule has 0 saturated carbocycles. The third-order valence-corrected chi connectivity index (χ3v) is 1.74. The Labute approximate surface area is 63.9 Å². The fraction of sp³-hybridized carbons (Fsp3) is 0.429. The number of rotatable bonds is 2. The zero-order valence-electron chi connectivity index (χ0n) is 5.96. The number of aliphatic carboxylic acids is 1. The molecule has 1 amide bonds. The van der Waals surface area contributed by atoms with Crippen LogP contribution in [0.1, 0.15) is 6.42 Å². The van der Waals surface area contributed by atoms with Crippen molar-refractivity contribution in [2.45, 2.75) is 6.42 Å². The van der Waals surface area contributed by atoms with E-state index in [0.29, 0.717) is 13.0 Å². The van der Waals surface area contributed by atoms with Gasteiger partial charge in [0.1, 0.15) is 0 Å². The topological polar surface area (TPSA) is 66.4 Å². The number of hydrogen-bond acceptors (Lipinski definition) is 2. The van der Waals surface area contributed by atoms with Crippen LogP contribution in [-0.2, 0) is 9.59 Å². The molecule has 0 aliphatic carbocycles. The zero-order valence-corrected chi connectivity index (χ0v) is 5.96. The van der Waals surface area contributed by atoms with Crippen LogP contribution in [0.25, 0.3) is 0 Å². The summed E-state index contributed by atoms with van der Waals surface area (Å²) in [5.41, 5.74) is -0.0139. The average Bonchev–Trinajstić information content (AvgIpc) is 2.33. The molecule has 1 heterocycles. The molecule has 1 unspecified atom stereocenters. The zero-order chi connectivity index (χ0) is 8.43. The van der Waals surface area contributed by atoms with Crippen LogP contribution in [0.2, 0.25) is 0 Å². The minimum atomic E-state index is -1.09. The number of carbonyl (C=O) groups is 2. The van der Waals surface area contributed by atoms with Crippen molar-refractivity contribution in [1.29, 1.82) is 0 Å². The first-order valence-electron chi connectivity index (χ1n) is 3.32. The molecule has 1 rings (SSSR count). The van der Waals surface area contributed by atoms with E-state index < -0.39 is 11.9 Å². The quantitative estimate of drug-likeness (QED) is 0.541. The second kappa shape index (κ2) is 2.74. The van der Waals surface area contributed by atoms with Gasteiger partial charge in [-0.05, 0) is 6.42 Å². The van der Waals surface area contributed by atoms with Crippen molar-refractivity contribution < 1.29 is 14.7 Å². The Kier molecular flexibility index (Phi) is 1.94. The molecule has 0 radical (unpaired) electrons. The summed E-state index contributed by atoms with van der Waals surface area (Å²) in [6.07, 6.45) is 0.546. The van der Waals surface area contributed by atoms with E-state index in [1.54, 1.807) is 0 Å². The van der Waals surface area contributed by atoms with E-state index in [2.05, 4.69) is 11.9 Å². The van der Waals surface area contributed by atoms with E-state index in [0.717, 1.165) is 0 Å². The van der Waals surface area contributed by atoms with Crippen molar-refractivity contribution in [3.8, 4) is 0 Å². The number of hydrogen-bond donors (Lipinski definition) is 2. The van der Waals surface area contributed by atoms with Crippen LogP contribution in [0.4, 0.5) is 0 Å². The van der Waals surface area contributed by atoms with Crippen molar-refractivity contribution in [2.24, 2.45) is 5.92 Å². The lowest BCUT2D eigenvalue weighted by molar-refractivity contribution is -0.134. The summed E-state index contributed by atoms with van der Waals surface area (Å²) < 4.78 is 0. The number of nitrogens with one attached hydrogen (secondary N) is 1. The fourth-order valence-corrected chi connectivity index (χ4v) is 1.08. The number of carboxylic acid groups (broad SMARTS) is 1. The third kappa shape index (κ3) is 1.39. The summed E-state index contributed by atoms with van der Waals surface area (Å²) in [6.45, 7) is 3.88. The van der Waals surface area contributed by atoms with Gasteiger partial charge in [0.2, 0.25) is 5.91 Å². The van der Waals surface area contributed by atoms with Crippen LogP contribution in [0.15, 0.2) is 12.2 Å². The molecule has 0 aromatic carbocycles. The van der Waals surface area contributed by atoms with Gasteiger partial charge in [-0.15, -0.1) is 0 Å². The van der Waals surface area contributed by atoms with Crippen molar-refractivity contribution in [3.63, 3.8) is 0 Å². The first-order valence-corrected chi connectivity index (χ1v) is 3.32.